The summed E-state index contributed by atoms with van der Waals surface area (Å²) in [6.45, 7) is 1.02. The van der Waals surface area contributed by atoms with Crippen molar-refractivity contribution in [2.45, 2.75) is 12.8 Å². The maximum atomic E-state index is 12.2. The Morgan fingerprint density at radius 3 is 2.86 bits per heavy atom. The van der Waals surface area contributed by atoms with Crippen LogP contribution < -0.4 is 20.5 Å². The van der Waals surface area contributed by atoms with E-state index in [9.17, 15) is 9.59 Å². The highest BCUT2D eigenvalue weighted by molar-refractivity contribution is 9.10. The number of hydrogen-bond acceptors (Lipinski definition) is 4. The number of hydrogen-bond donors (Lipinski definition) is 2. The monoisotopic (exact) mass is 443 g/mol. The van der Waals surface area contributed by atoms with Crippen molar-refractivity contribution >= 4 is 39.5 Å². The number of para-hydroxylation sites is 1. The van der Waals surface area contributed by atoms with Gasteiger partial charge in [0.25, 0.3) is 11.8 Å². The van der Waals surface area contributed by atoms with Crippen LogP contribution in [0.2, 0.25) is 0 Å². The third-order valence-electron chi connectivity index (χ3n) is 4.47. The summed E-state index contributed by atoms with van der Waals surface area (Å²) < 4.78 is 6.14. The molecule has 0 unspecified atom stereocenters. The zero-order valence-electron chi connectivity index (χ0n) is 15.6. The normalized spacial score (nSPS) is 13.1. The summed E-state index contributed by atoms with van der Waals surface area (Å²) >= 11 is 3.39. The summed E-state index contributed by atoms with van der Waals surface area (Å²) in [7, 11) is 1.57. The lowest BCUT2D eigenvalue weighted by Gasteiger charge is -2.30. The molecule has 28 heavy (non-hydrogen) atoms. The maximum Gasteiger partial charge on any atom is 0.262 e. The van der Waals surface area contributed by atoms with Crippen LogP contribution in [-0.4, -0.2) is 32.0 Å². The molecule has 0 spiro atoms. The standard InChI is InChI=1S/C21H22BrN3O3/c1-28-19-10-9-17(22)13-16(19)8-11-20(26)23-24-21(27)14-25-12-4-6-15-5-2-3-7-18(15)25/h2-3,5,7-11,13H,4,6,12,14H2,1H3,(H,23,26)(H,24,27)/b11-8+. The summed E-state index contributed by atoms with van der Waals surface area (Å²) in [5.74, 6) is -0.0343. The number of carbonyl (C=O) groups excluding carboxylic acids is 2. The molecule has 0 radical (unpaired) electrons. The number of methoxy groups -OCH3 is 1. The van der Waals surface area contributed by atoms with E-state index in [-0.39, 0.29) is 12.5 Å². The van der Waals surface area contributed by atoms with Crippen LogP contribution in [0.4, 0.5) is 5.69 Å². The number of fused-ring (bicyclic) bond motifs is 1. The largest absolute Gasteiger partial charge is 0.496 e. The summed E-state index contributed by atoms with van der Waals surface area (Å²) in [5.41, 5.74) is 7.96. The minimum atomic E-state index is -0.422. The minimum absolute atomic E-state index is 0.195. The van der Waals surface area contributed by atoms with Gasteiger partial charge in [0.05, 0.1) is 13.7 Å². The van der Waals surface area contributed by atoms with E-state index in [2.05, 4.69) is 32.8 Å². The van der Waals surface area contributed by atoms with E-state index in [1.807, 2.05) is 35.2 Å². The number of aryl methyl sites for hydroxylation is 1. The molecule has 2 aromatic rings. The number of halogens is 1. The number of nitrogens with one attached hydrogen (secondary N) is 2. The molecule has 2 N–H and O–H groups in total. The van der Waals surface area contributed by atoms with Gasteiger partial charge in [-0.25, -0.2) is 0 Å². The summed E-state index contributed by atoms with van der Waals surface area (Å²) in [6, 6.07) is 13.6. The quantitative estimate of drug-likeness (QED) is 0.550. The molecule has 146 valence electrons. The Balaban J connectivity index is 1.53. The Kier molecular flexibility index (Phi) is 6.71. The van der Waals surface area contributed by atoms with Crippen LogP contribution in [0.1, 0.15) is 17.5 Å². The number of nitrogens with zero attached hydrogens (tertiary/aromatic N) is 1. The topological polar surface area (TPSA) is 70.7 Å². The van der Waals surface area contributed by atoms with Crippen LogP contribution in [-0.2, 0) is 16.0 Å². The summed E-state index contributed by atoms with van der Waals surface area (Å²) in [6.07, 6.45) is 5.01. The van der Waals surface area contributed by atoms with Gasteiger partial charge in [-0.05, 0) is 48.7 Å². The zero-order chi connectivity index (χ0) is 19.9. The van der Waals surface area contributed by atoms with Crippen LogP contribution in [0.3, 0.4) is 0 Å². The van der Waals surface area contributed by atoms with Crippen LogP contribution in [0.15, 0.2) is 53.0 Å². The average Bonchev–Trinajstić information content (AvgIpc) is 2.71. The molecule has 1 aliphatic heterocycles. The third kappa shape index (κ3) is 5.13. The van der Waals surface area contributed by atoms with Gasteiger partial charge in [0.1, 0.15) is 5.75 Å². The molecule has 6 nitrogen and oxygen atoms in total. The van der Waals surface area contributed by atoms with Crippen molar-refractivity contribution in [3.63, 3.8) is 0 Å². The molecule has 2 aromatic carbocycles. The lowest BCUT2D eigenvalue weighted by atomic mass is 10.0. The Morgan fingerprint density at radius 2 is 2.04 bits per heavy atom. The predicted octanol–water partition coefficient (Wildman–Crippen LogP) is 3.07. The van der Waals surface area contributed by atoms with Gasteiger partial charge in [0.15, 0.2) is 0 Å². The first-order chi connectivity index (χ1) is 13.6. The molecule has 0 saturated heterocycles. The van der Waals surface area contributed by atoms with Crippen molar-refractivity contribution in [2.24, 2.45) is 0 Å². The Labute approximate surface area is 172 Å². The van der Waals surface area contributed by atoms with Crippen molar-refractivity contribution in [1.82, 2.24) is 10.9 Å². The van der Waals surface area contributed by atoms with Crippen molar-refractivity contribution in [3.05, 3.63) is 64.1 Å². The van der Waals surface area contributed by atoms with Gasteiger partial charge in [-0.1, -0.05) is 34.1 Å². The highest BCUT2D eigenvalue weighted by Crippen LogP contribution is 2.26. The molecular weight excluding hydrogens is 422 g/mol. The molecular formula is C21H22BrN3O3. The molecule has 0 saturated carbocycles. The van der Waals surface area contributed by atoms with E-state index < -0.39 is 5.91 Å². The predicted molar refractivity (Wildman–Crippen MR) is 113 cm³/mol. The Bertz CT molecular complexity index is 898. The first kappa shape index (κ1) is 19.9. The SMILES string of the molecule is COc1ccc(Br)cc1/C=C/C(=O)NNC(=O)CN1CCCc2ccccc21. The molecule has 1 heterocycles. The number of rotatable bonds is 5. The second-order valence-electron chi connectivity index (χ2n) is 6.41. The smallest absolute Gasteiger partial charge is 0.262 e. The average molecular weight is 444 g/mol. The van der Waals surface area contributed by atoms with E-state index in [4.69, 9.17) is 4.74 Å². The van der Waals surface area contributed by atoms with E-state index in [1.54, 1.807) is 19.3 Å². The van der Waals surface area contributed by atoms with E-state index in [0.717, 1.165) is 35.1 Å². The molecule has 3 rings (SSSR count). The van der Waals surface area contributed by atoms with Gasteiger partial charge in [0, 0.05) is 28.3 Å². The van der Waals surface area contributed by atoms with Crippen molar-refractivity contribution in [3.8, 4) is 5.75 Å². The molecule has 0 fully saturated rings. The fourth-order valence-corrected chi connectivity index (χ4v) is 3.54. The summed E-state index contributed by atoms with van der Waals surface area (Å²) in [4.78, 5) is 26.3. The number of hydrazine groups is 1. The lowest BCUT2D eigenvalue weighted by Crippen LogP contribution is -2.47. The van der Waals surface area contributed by atoms with Gasteiger partial charge in [-0.3, -0.25) is 20.4 Å². The van der Waals surface area contributed by atoms with Crippen molar-refractivity contribution in [2.75, 3.05) is 25.1 Å². The first-order valence-corrected chi connectivity index (χ1v) is 9.79. The lowest BCUT2D eigenvalue weighted by molar-refractivity contribution is -0.125. The fourth-order valence-electron chi connectivity index (χ4n) is 3.16. The maximum absolute atomic E-state index is 12.2. The molecule has 0 bridgehead atoms. The number of carbonyl (C=O) groups is 2. The highest BCUT2D eigenvalue weighted by Gasteiger charge is 2.18. The Hall–Kier alpha value is -2.80. The summed E-state index contributed by atoms with van der Waals surface area (Å²) in [5, 5.41) is 0. The Morgan fingerprint density at radius 1 is 1.21 bits per heavy atom. The van der Waals surface area contributed by atoms with Crippen molar-refractivity contribution in [1.29, 1.82) is 0 Å². The zero-order valence-corrected chi connectivity index (χ0v) is 17.2. The highest BCUT2D eigenvalue weighted by atomic mass is 79.9. The molecule has 0 atom stereocenters. The first-order valence-electron chi connectivity index (χ1n) is 9.00. The van der Waals surface area contributed by atoms with Gasteiger partial charge < -0.3 is 9.64 Å². The second-order valence-corrected chi connectivity index (χ2v) is 7.33. The molecule has 1 aliphatic rings. The van der Waals surface area contributed by atoms with Crippen LogP contribution in [0, 0.1) is 0 Å². The fraction of sp³-hybridized carbons (Fsp3) is 0.238. The van der Waals surface area contributed by atoms with Crippen LogP contribution >= 0.6 is 15.9 Å². The van der Waals surface area contributed by atoms with Gasteiger partial charge in [0.2, 0.25) is 0 Å². The van der Waals surface area contributed by atoms with Gasteiger partial charge in [-0.2, -0.15) is 0 Å². The second kappa shape index (κ2) is 9.41. The van der Waals surface area contributed by atoms with E-state index >= 15 is 0 Å². The number of amides is 2. The van der Waals surface area contributed by atoms with Crippen LogP contribution in [0.5, 0.6) is 5.75 Å². The van der Waals surface area contributed by atoms with E-state index in [0.29, 0.717) is 5.75 Å². The van der Waals surface area contributed by atoms with Gasteiger partial charge >= 0.3 is 0 Å². The molecule has 7 heteroatoms. The van der Waals surface area contributed by atoms with Gasteiger partial charge in [-0.15, -0.1) is 0 Å². The third-order valence-corrected chi connectivity index (χ3v) is 4.97. The number of benzene rings is 2. The molecule has 2 amide bonds. The van der Waals surface area contributed by atoms with Crippen molar-refractivity contribution < 1.29 is 14.3 Å². The van der Waals surface area contributed by atoms with Crippen LogP contribution in [0.25, 0.3) is 6.08 Å². The minimum Gasteiger partial charge on any atom is -0.496 e. The molecule has 0 aromatic heterocycles. The number of anilines is 1. The number of ether oxygens (including phenoxy) is 1. The molecule has 0 aliphatic carbocycles. The van der Waals surface area contributed by atoms with E-state index in [1.165, 1.54) is 11.6 Å².